The summed E-state index contributed by atoms with van der Waals surface area (Å²) >= 11 is 0. The molecule has 3 N–H and O–H groups in total. The van der Waals surface area contributed by atoms with Gasteiger partial charge in [0.15, 0.2) is 0 Å². The molecule has 6 heterocycles. The minimum atomic E-state index is -4.61. The lowest BCUT2D eigenvalue weighted by molar-refractivity contribution is -0.138. The number of imide groups is 2. The van der Waals surface area contributed by atoms with E-state index in [9.17, 15) is 41.9 Å². The summed E-state index contributed by atoms with van der Waals surface area (Å²) in [6.45, 7) is 4.18. The maximum absolute atomic E-state index is 13.5. The van der Waals surface area contributed by atoms with Crippen LogP contribution in [-0.4, -0.2) is 109 Å². The number of unbranched alkanes of at least 4 members (excludes halogenated alkanes) is 2. The van der Waals surface area contributed by atoms with Gasteiger partial charge in [-0.2, -0.15) is 13.2 Å². The highest BCUT2D eigenvalue weighted by Crippen LogP contribution is 2.36. The van der Waals surface area contributed by atoms with Crippen molar-refractivity contribution >= 4 is 52.9 Å². The van der Waals surface area contributed by atoms with Crippen LogP contribution in [0.1, 0.15) is 99.8 Å². The smallest absolute Gasteiger partial charge is 0.416 e. The number of halogens is 3. The highest BCUT2D eigenvalue weighted by Gasteiger charge is 2.46. The summed E-state index contributed by atoms with van der Waals surface area (Å²) in [5.74, 6) is -3.23. The molecule has 2 aromatic carbocycles. The fourth-order valence-electron chi connectivity index (χ4n) is 8.33. The first-order valence-corrected chi connectivity index (χ1v) is 21.4. The van der Waals surface area contributed by atoms with Crippen LogP contribution in [-0.2, 0) is 38.4 Å². The number of ether oxygens (including phenoxy) is 2. The van der Waals surface area contributed by atoms with Crippen molar-refractivity contribution in [2.75, 3.05) is 31.6 Å². The van der Waals surface area contributed by atoms with Crippen molar-refractivity contribution < 1.29 is 51.4 Å². The molecule has 6 amide bonds. The molecule has 66 heavy (non-hydrogen) atoms. The Bertz CT molecular complexity index is 2620. The number of aromatic nitrogens is 4. The molecular formula is C45H45F3N10O8. The Morgan fingerprint density at radius 2 is 1.80 bits per heavy atom. The molecule has 21 heteroatoms. The lowest BCUT2D eigenvalue weighted by atomic mass is 9.90. The van der Waals surface area contributed by atoms with Crippen molar-refractivity contribution in [2.45, 2.75) is 82.9 Å². The van der Waals surface area contributed by atoms with Crippen molar-refractivity contribution in [1.82, 2.24) is 40.4 Å². The van der Waals surface area contributed by atoms with Crippen molar-refractivity contribution in [2.24, 2.45) is 4.99 Å². The molecule has 4 aliphatic rings. The van der Waals surface area contributed by atoms with Gasteiger partial charge in [0.05, 0.1) is 41.8 Å². The normalized spacial score (nSPS) is 20.1. The molecule has 2 unspecified atom stereocenters. The van der Waals surface area contributed by atoms with E-state index in [1.165, 1.54) is 24.3 Å². The predicted octanol–water partition coefficient (Wildman–Crippen LogP) is 4.54. The number of anilines is 1. The van der Waals surface area contributed by atoms with Crippen molar-refractivity contribution in [3.63, 3.8) is 0 Å². The molecule has 4 aliphatic heterocycles. The maximum atomic E-state index is 13.5. The fraction of sp³-hybridized carbons (Fsp3) is 0.378. The summed E-state index contributed by atoms with van der Waals surface area (Å²) in [6.07, 6.45) is 2.76. The van der Waals surface area contributed by atoms with E-state index in [0.717, 1.165) is 28.2 Å². The van der Waals surface area contributed by atoms with Crippen LogP contribution >= 0.6 is 0 Å². The molecule has 0 aliphatic carbocycles. The van der Waals surface area contributed by atoms with E-state index in [1.54, 1.807) is 35.4 Å². The number of nitrogens with zero attached hydrogens (tertiary/aromatic N) is 7. The Morgan fingerprint density at radius 3 is 2.56 bits per heavy atom. The molecule has 0 spiro atoms. The van der Waals surface area contributed by atoms with Gasteiger partial charge in [0.25, 0.3) is 17.7 Å². The van der Waals surface area contributed by atoms with Crippen LogP contribution in [0, 0.1) is 0 Å². The van der Waals surface area contributed by atoms with Gasteiger partial charge in [-0.25, -0.2) is 4.98 Å². The van der Waals surface area contributed by atoms with Gasteiger partial charge in [-0.1, -0.05) is 23.8 Å². The van der Waals surface area contributed by atoms with Crippen LogP contribution in [0.4, 0.5) is 18.9 Å². The third kappa shape index (κ3) is 9.91. The average Bonchev–Trinajstić information content (AvgIpc) is 3.87. The van der Waals surface area contributed by atoms with Crippen LogP contribution in [0.5, 0.6) is 5.88 Å². The number of rotatable bonds is 15. The number of hydrogen-bond donors (Lipinski definition) is 3. The first-order valence-electron chi connectivity index (χ1n) is 21.4. The minimum absolute atomic E-state index is 0.000790. The van der Waals surface area contributed by atoms with Crippen LogP contribution in [0.2, 0.25) is 0 Å². The Morgan fingerprint density at radius 1 is 1.00 bits per heavy atom. The molecule has 0 radical (unpaired) electrons. The lowest BCUT2D eigenvalue weighted by Crippen LogP contribution is -2.65. The molecule has 0 saturated carbocycles. The van der Waals surface area contributed by atoms with Crippen LogP contribution in [0.15, 0.2) is 77.7 Å². The number of carbonyl (C=O) groups is 6. The number of carbonyl (C=O) groups excluding carboxylic acids is 6. The molecule has 18 nitrogen and oxygen atoms in total. The number of pyridine rings is 1. The number of benzene rings is 2. The Kier molecular flexibility index (Phi) is 13.2. The van der Waals surface area contributed by atoms with Gasteiger partial charge in [0, 0.05) is 68.6 Å². The summed E-state index contributed by atoms with van der Waals surface area (Å²) in [5, 5.41) is 16.3. The van der Waals surface area contributed by atoms with E-state index in [4.69, 9.17) is 9.47 Å². The lowest BCUT2D eigenvalue weighted by Gasteiger charge is -2.45. The largest absolute Gasteiger partial charge is 0.471 e. The van der Waals surface area contributed by atoms with E-state index < -0.39 is 53.0 Å². The second kappa shape index (κ2) is 19.1. The first kappa shape index (κ1) is 45.4. The number of aryl methyl sites for hydroxylation is 1. The van der Waals surface area contributed by atoms with E-state index in [1.807, 2.05) is 17.9 Å². The Hall–Kier alpha value is -7.13. The number of piperidine rings is 1. The van der Waals surface area contributed by atoms with E-state index in [-0.39, 0.29) is 60.6 Å². The zero-order valence-corrected chi connectivity index (χ0v) is 35.7. The summed E-state index contributed by atoms with van der Waals surface area (Å²) < 4.78 is 53.6. The van der Waals surface area contributed by atoms with Gasteiger partial charge in [0.2, 0.25) is 23.6 Å². The topological polar surface area (TPSA) is 219 Å². The third-order valence-corrected chi connectivity index (χ3v) is 11.8. The van der Waals surface area contributed by atoms with E-state index >= 15 is 0 Å². The summed E-state index contributed by atoms with van der Waals surface area (Å²) in [4.78, 5) is 88.9. The van der Waals surface area contributed by atoms with Crippen LogP contribution in [0.3, 0.4) is 0 Å². The van der Waals surface area contributed by atoms with Gasteiger partial charge in [-0.05, 0) is 73.7 Å². The number of nitrogens with one attached hydrogen (secondary N) is 3. The average molecular weight is 911 g/mol. The Labute approximate surface area is 375 Å². The van der Waals surface area contributed by atoms with Crippen LogP contribution in [0.25, 0.3) is 5.57 Å². The number of morpholine rings is 1. The summed E-state index contributed by atoms with van der Waals surface area (Å²) in [7, 11) is 0. The number of alkyl halides is 3. The number of amides is 6. The van der Waals surface area contributed by atoms with Gasteiger partial charge >= 0.3 is 6.18 Å². The minimum Gasteiger partial charge on any atom is -0.471 e. The van der Waals surface area contributed by atoms with Gasteiger partial charge in [0.1, 0.15) is 24.0 Å². The molecule has 8 rings (SSSR count). The predicted molar refractivity (Wildman–Crippen MR) is 229 cm³/mol. The highest BCUT2D eigenvalue weighted by molar-refractivity contribution is 6.26. The van der Waals surface area contributed by atoms with Crippen molar-refractivity contribution in [1.29, 1.82) is 0 Å². The summed E-state index contributed by atoms with van der Waals surface area (Å²) in [5.41, 5.74) is 0.827. The van der Waals surface area contributed by atoms with E-state index in [2.05, 4.69) is 36.2 Å². The zero-order valence-electron chi connectivity index (χ0n) is 35.7. The van der Waals surface area contributed by atoms with Gasteiger partial charge in [-0.3, -0.25) is 53.6 Å². The molecule has 2 aromatic heterocycles. The molecule has 2 atom stereocenters. The SMILES string of the molecule is CC1=C(c2ccc(OCc3cn(CCCCCC(=O)Nc4cccc5c4C(=O)N(C4CCC(=O)NC4=O)C5=O)nn3)nc2)CC(NC(=O)c2cccc(C(F)(F)F)c2)(N2CCOCC2)C=N1. The number of hydrogen-bond acceptors (Lipinski definition) is 13. The second-order valence-corrected chi connectivity index (χ2v) is 16.2. The number of fused-ring (bicyclic) bond motifs is 1. The fourth-order valence-corrected chi connectivity index (χ4v) is 8.33. The molecule has 2 fully saturated rings. The van der Waals surface area contributed by atoms with Crippen molar-refractivity contribution in [3.8, 4) is 5.88 Å². The quantitative estimate of drug-likeness (QED) is 0.111. The number of aliphatic imine (C=N–C) groups is 1. The molecule has 344 valence electrons. The molecular weight excluding hydrogens is 866 g/mol. The molecule has 0 bridgehead atoms. The zero-order chi connectivity index (χ0) is 46.6. The van der Waals surface area contributed by atoms with Gasteiger partial charge in [-0.15, -0.1) is 5.10 Å². The van der Waals surface area contributed by atoms with E-state index in [0.29, 0.717) is 69.4 Å². The third-order valence-electron chi connectivity index (χ3n) is 11.8. The van der Waals surface area contributed by atoms with Crippen LogP contribution < -0.4 is 20.7 Å². The second-order valence-electron chi connectivity index (χ2n) is 16.2. The monoisotopic (exact) mass is 910 g/mol. The Balaban J connectivity index is 0.804. The standard InChI is InChI=1S/C45H45F3N10O8/c1-27-33(22-44(26-50-27,56-17-19-65-20-18-56)53-40(61)28-7-5-8-30(21-28)45(46,47)48)29-12-15-38(49-23-29)66-25-31-24-57(55-54-31)16-4-2-3-11-36(59)51-34-10-6-9-32-39(34)43(64)58(42(32)63)35-13-14-37(60)52-41(35)62/h5-10,12,15,21,23-24,26,35H,2-4,11,13-14,16-20,22,25H2,1H3,(H,51,59)(H,53,61)(H,52,60,62). The summed E-state index contributed by atoms with van der Waals surface area (Å²) in [6, 6.07) is 11.2. The maximum Gasteiger partial charge on any atom is 0.416 e. The first-order chi connectivity index (χ1) is 31.7. The number of allylic oxidation sites excluding steroid dienone is 1. The highest BCUT2D eigenvalue weighted by atomic mass is 19.4. The molecule has 2 saturated heterocycles. The van der Waals surface area contributed by atoms with Gasteiger partial charge < -0.3 is 20.1 Å². The molecule has 4 aromatic rings. The van der Waals surface area contributed by atoms with Crippen molar-refractivity contribution in [3.05, 3.63) is 106 Å².